The van der Waals surface area contributed by atoms with E-state index in [1.807, 2.05) is 158 Å². The third-order valence-electron chi connectivity index (χ3n) is 17.8. The van der Waals surface area contributed by atoms with Gasteiger partial charge >= 0.3 is 0 Å². The van der Waals surface area contributed by atoms with Crippen LogP contribution in [0.5, 0.6) is 0 Å². The van der Waals surface area contributed by atoms with Gasteiger partial charge in [-0.15, -0.1) is 0 Å². The van der Waals surface area contributed by atoms with Gasteiger partial charge in [-0.25, -0.2) is 0 Å². The van der Waals surface area contributed by atoms with Crippen molar-refractivity contribution in [2.75, 3.05) is 42.0 Å². The summed E-state index contributed by atoms with van der Waals surface area (Å²) in [4.78, 5) is 0. The van der Waals surface area contributed by atoms with E-state index in [-0.39, 0.29) is 37.6 Å². The molecule has 0 spiro atoms. The molecule has 16 N–H and O–H groups in total. The highest BCUT2D eigenvalue weighted by Crippen LogP contribution is 2.41. The topological polar surface area (TPSA) is 471 Å². The normalized spacial score (nSPS) is 54.0. The zero-order chi connectivity index (χ0) is 66.9. The molecule has 27 rings (SSSR count). The minimum Gasteiger partial charge on any atom is -0.390 e. The lowest BCUT2D eigenvalue weighted by atomic mass is 9.85. The lowest BCUT2D eigenvalue weighted by molar-refractivity contribution is -0.391. The maximum absolute atomic E-state index is 11.7. The van der Waals surface area contributed by atoms with Crippen LogP contribution in [0, 0.1) is 5.92 Å². The van der Waals surface area contributed by atoms with Gasteiger partial charge in [0.05, 0.1) is 54.9 Å². The van der Waals surface area contributed by atoms with Crippen LogP contribution in [-0.2, 0) is 75.8 Å². The summed E-state index contributed by atoms with van der Waals surface area (Å²) >= 11 is 15.7. The van der Waals surface area contributed by atoms with Crippen molar-refractivity contribution < 1.29 is 157 Å². The van der Waals surface area contributed by atoms with Crippen molar-refractivity contribution in [2.24, 2.45) is 5.92 Å². The van der Waals surface area contributed by atoms with Gasteiger partial charge in [-0.1, -0.05) is 187 Å². The molecule has 0 amide bonds. The summed E-state index contributed by atoms with van der Waals surface area (Å²) in [6.07, 6.45) is -58.9. The van der Waals surface area contributed by atoms with Crippen LogP contribution in [0.15, 0.2) is 0 Å². The van der Waals surface area contributed by atoms with E-state index in [0.29, 0.717) is 23.7 Å². The Hall–Kier alpha value is 4.56. The SMILES string of the molecule is OC1C2OC(CI)C(CCCCOC3OC(CI)C(OC4OC(CI)C(OC5OC(CI)C(OC6OC(CI)C(OC7OC(CI)C(OC8OC(CI)C(OC9OC(CI)C(O2)C(O)C9O)C(O)C8O)C(O)C7O)C(O)C6O)C(O)C5O)C(O)C4O)C(O)C3O)C1O. The second-order valence-electron chi connectivity index (χ2n) is 23.7. The number of hydrogen-bond acceptors (Lipinski definition) is 32. The summed E-state index contributed by atoms with van der Waals surface area (Å²) in [5.41, 5.74) is 0. The van der Waals surface area contributed by atoms with Crippen LogP contribution >= 0.6 is 181 Å². The molecule has 27 saturated heterocycles. The first-order valence-corrected chi connectivity index (χ1v) is 41.9. The number of halogens is 8. The van der Waals surface area contributed by atoms with Crippen molar-refractivity contribution in [3.63, 3.8) is 0 Å². The summed E-state index contributed by atoms with van der Waals surface area (Å²) in [5.74, 6) is -0.624. The van der Waals surface area contributed by atoms with E-state index in [2.05, 4.69) is 22.6 Å². The Kier molecular flexibility index (Phi) is 32.2. The minimum atomic E-state index is -1.93. The highest BCUT2D eigenvalue weighted by Gasteiger charge is 2.59. The third-order valence-corrected chi connectivity index (χ3v) is 24.8. The van der Waals surface area contributed by atoms with Crippen LogP contribution in [0.25, 0.3) is 0 Å². The standard InChI is InChI=1S/C52H80I8O32/c53-5-14-13-3-1-2-4-77-45-31(70)23(62)38(15(6-54)79-45)87-47-33(72)25(64)40(17(8-56)81-47)89-49-35(74)27(66)42(19(10-58)83-49)91-51-37(76)29(68)44(21(12-60)85-51)92-52-36(75)28(67)43(20(11-59)84-52)90-50-34(73)26(65)41(18(9-57)82-50)88-48-32(71)24(63)39(16(7-55)80-48)86-46(78-14)30(69)22(13)61/h13-52,61-76H,1-12H2. The Labute approximate surface area is 637 Å². The number of ether oxygens (including phenoxy) is 16. The van der Waals surface area contributed by atoms with Crippen molar-refractivity contribution in [3.05, 3.63) is 0 Å². The Bertz CT molecular complexity index is 2240. The van der Waals surface area contributed by atoms with E-state index in [9.17, 15) is 81.7 Å². The second kappa shape index (κ2) is 36.7. The fourth-order valence-corrected chi connectivity index (χ4v) is 18.4. The molecular weight excluding hydrogens is 2150 g/mol. The Morgan fingerprint density at radius 2 is 0.391 bits per heavy atom. The number of hydrogen-bond donors (Lipinski definition) is 16. The van der Waals surface area contributed by atoms with Gasteiger partial charge in [-0.2, -0.15) is 0 Å². The van der Waals surface area contributed by atoms with Gasteiger partial charge in [0.15, 0.2) is 50.3 Å². The van der Waals surface area contributed by atoms with Gasteiger partial charge in [0.1, 0.15) is 134 Å². The molecule has 27 fully saturated rings. The smallest absolute Gasteiger partial charge is 0.187 e. The maximum atomic E-state index is 11.7. The zero-order valence-corrected chi connectivity index (χ0v) is 65.6. The quantitative estimate of drug-likeness (QED) is 0.0805. The number of alkyl halides is 8. The summed E-state index contributed by atoms with van der Waals surface area (Å²) in [7, 11) is 0. The molecule has 0 aromatic heterocycles. The first-order valence-electron chi connectivity index (χ1n) is 29.7. The number of aliphatic hydroxyl groups is 16. The summed E-state index contributed by atoms with van der Waals surface area (Å²) in [6, 6.07) is 0. The van der Waals surface area contributed by atoms with Crippen molar-refractivity contribution in [2.45, 2.75) is 259 Å². The van der Waals surface area contributed by atoms with Gasteiger partial charge in [0.2, 0.25) is 0 Å². The molecule has 27 aliphatic rings. The highest BCUT2D eigenvalue weighted by atomic mass is 127. The molecule has 27 aliphatic heterocycles. The minimum absolute atomic E-state index is 0.00816. The predicted molar refractivity (Wildman–Crippen MR) is 374 cm³/mol. The summed E-state index contributed by atoms with van der Waals surface area (Å²) < 4.78 is 98.9. The van der Waals surface area contributed by atoms with Crippen molar-refractivity contribution >= 4 is 181 Å². The molecule has 27 heterocycles. The molecule has 0 aromatic rings. The summed E-state index contributed by atoms with van der Waals surface area (Å²) in [6.45, 7) is 0.00816. The number of aliphatic hydroxyl groups excluding tert-OH is 16. The zero-order valence-electron chi connectivity index (χ0n) is 48.3. The van der Waals surface area contributed by atoms with Gasteiger partial charge in [0, 0.05) is 47.9 Å². The Morgan fingerprint density at radius 1 is 0.207 bits per heavy atom. The van der Waals surface area contributed by atoms with Crippen molar-refractivity contribution in [1.82, 2.24) is 0 Å². The van der Waals surface area contributed by atoms with Gasteiger partial charge in [-0.3, -0.25) is 0 Å². The lowest BCUT2D eigenvalue weighted by Gasteiger charge is -2.50. The lowest BCUT2D eigenvalue weighted by Crippen LogP contribution is -2.68. The molecule has 40 unspecified atom stereocenters. The van der Waals surface area contributed by atoms with E-state index in [4.69, 9.17) is 75.8 Å². The molecule has 0 radical (unpaired) electrons. The van der Waals surface area contributed by atoms with Crippen LogP contribution in [0.2, 0.25) is 0 Å². The molecule has 536 valence electrons. The largest absolute Gasteiger partial charge is 0.390 e. The molecule has 40 atom stereocenters. The Morgan fingerprint density at radius 3 is 0.609 bits per heavy atom. The molecule has 0 saturated carbocycles. The Balaban J connectivity index is 0.933. The van der Waals surface area contributed by atoms with Gasteiger partial charge in [0.25, 0.3) is 0 Å². The first kappa shape index (κ1) is 80.7. The molecule has 40 heteroatoms. The molecule has 92 heavy (non-hydrogen) atoms. The van der Waals surface area contributed by atoms with Gasteiger partial charge < -0.3 is 157 Å². The maximum Gasteiger partial charge on any atom is 0.187 e. The van der Waals surface area contributed by atoms with E-state index in [1.54, 1.807) is 0 Å². The molecule has 0 aliphatic carbocycles. The molecule has 16 bridgehead atoms. The average molecular weight is 2230 g/mol. The van der Waals surface area contributed by atoms with Crippen LogP contribution < -0.4 is 0 Å². The summed E-state index contributed by atoms with van der Waals surface area (Å²) in [5, 5.41) is 185. The van der Waals surface area contributed by atoms with Crippen LogP contribution in [0.3, 0.4) is 0 Å². The molecular formula is C52H80I8O32. The van der Waals surface area contributed by atoms with E-state index < -0.39 is 245 Å². The van der Waals surface area contributed by atoms with E-state index in [0.717, 1.165) is 0 Å². The van der Waals surface area contributed by atoms with Crippen molar-refractivity contribution in [1.29, 1.82) is 0 Å². The average Bonchev–Trinajstić information content (AvgIpc) is 0.813. The number of rotatable bonds is 8. The van der Waals surface area contributed by atoms with E-state index in [1.165, 1.54) is 0 Å². The fraction of sp³-hybridized carbons (Fsp3) is 1.00. The fourth-order valence-electron chi connectivity index (χ4n) is 12.6. The monoisotopic (exact) mass is 2230 g/mol. The van der Waals surface area contributed by atoms with Crippen LogP contribution in [0.4, 0.5) is 0 Å². The molecule has 0 aromatic carbocycles. The second-order valence-corrected chi connectivity index (χ2v) is 30.7. The van der Waals surface area contributed by atoms with Gasteiger partial charge in [-0.05, 0) is 12.8 Å². The van der Waals surface area contributed by atoms with Crippen molar-refractivity contribution in [3.8, 4) is 0 Å². The van der Waals surface area contributed by atoms with E-state index >= 15 is 0 Å². The predicted octanol–water partition coefficient (Wildman–Crippen LogP) is -4.45. The van der Waals surface area contributed by atoms with Crippen LogP contribution in [-0.4, -0.2) is 363 Å². The molecule has 32 nitrogen and oxygen atoms in total. The highest BCUT2D eigenvalue weighted by molar-refractivity contribution is 14.1. The van der Waals surface area contributed by atoms with Crippen LogP contribution in [0.1, 0.15) is 19.3 Å². The third kappa shape index (κ3) is 17.6. The first-order chi connectivity index (χ1) is 43.9.